The summed E-state index contributed by atoms with van der Waals surface area (Å²) in [6.45, 7) is 6.72. The zero-order chi connectivity index (χ0) is 38.0. The molecular formula is C39H36N8O7. The number of urea groups is 1. The Morgan fingerprint density at radius 3 is 2.56 bits per heavy atom. The Labute approximate surface area is 309 Å². The molecule has 1 atom stereocenters. The average Bonchev–Trinajstić information content (AvgIpc) is 3.85. The highest BCUT2D eigenvalue weighted by Crippen LogP contribution is 2.30. The molecule has 2 aliphatic rings. The van der Waals surface area contributed by atoms with Crippen LogP contribution in [-0.2, 0) is 19.7 Å². The van der Waals surface area contributed by atoms with E-state index in [9.17, 15) is 24.0 Å². The molecule has 0 saturated carbocycles. The first kappa shape index (κ1) is 35.6. The number of rotatable bonds is 9. The summed E-state index contributed by atoms with van der Waals surface area (Å²) in [7, 11) is 0. The summed E-state index contributed by atoms with van der Waals surface area (Å²) in [5.41, 5.74) is 4.53. The lowest BCUT2D eigenvalue weighted by Crippen LogP contribution is -2.54. The maximum Gasteiger partial charge on any atom is 0.324 e. The number of aromatic amines is 1. The van der Waals surface area contributed by atoms with E-state index >= 15 is 0 Å². The van der Waals surface area contributed by atoms with Gasteiger partial charge < -0.3 is 14.8 Å². The number of carbonyl (C=O) groups is 5. The van der Waals surface area contributed by atoms with Crippen molar-refractivity contribution in [3.63, 3.8) is 0 Å². The van der Waals surface area contributed by atoms with E-state index in [-0.39, 0.29) is 49.2 Å². The third-order valence-corrected chi connectivity index (χ3v) is 8.91. The normalized spacial score (nSPS) is 15.5. The molecule has 1 unspecified atom stereocenters. The molecule has 0 spiro atoms. The van der Waals surface area contributed by atoms with Gasteiger partial charge in [0.25, 0.3) is 11.8 Å². The lowest BCUT2D eigenvalue weighted by molar-refractivity contribution is -0.136. The van der Waals surface area contributed by atoms with Crippen LogP contribution in [0, 0.1) is 11.8 Å². The topological polar surface area (TPSA) is 190 Å². The number of aromatic nitrogens is 4. The van der Waals surface area contributed by atoms with Crippen molar-refractivity contribution in [2.24, 2.45) is 0 Å². The SMILES string of the molecule is CC(C)(C)c1cc(NC(=O)Nc2ccc(-n3cnc4cc(OCCOCC#Cc5cccc6c5C(=O)N(C5CCC(=O)NC5=O)C6=O)ccc43)cc2)n[nH]1. The molecule has 0 radical (unpaired) electrons. The molecule has 6 amide bonds. The van der Waals surface area contributed by atoms with Gasteiger partial charge in [-0.25, -0.2) is 9.78 Å². The Balaban J connectivity index is 0.887. The molecule has 15 heteroatoms. The van der Waals surface area contributed by atoms with Crippen molar-refractivity contribution in [3.8, 4) is 23.3 Å². The minimum Gasteiger partial charge on any atom is -0.491 e. The second-order valence-corrected chi connectivity index (χ2v) is 13.7. The van der Waals surface area contributed by atoms with Gasteiger partial charge in [0, 0.05) is 46.6 Å². The number of H-pyrrole nitrogens is 1. The van der Waals surface area contributed by atoms with Gasteiger partial charge in [-0.1, -0.05) is 38.7 Å². The molecule has 1 saturated heterocycles. The standard InChI is InChI=1S/C39H36N8O7/c1-39(2,3)31-21-32(45-44-31)42-38(52)41-24-9-11-25(12-10-24)46-22-40-28-20-26(13-14-29(28)46)54-19-18-53-17-5-7-23-6-4-8-27-34(23)37(51)47(36(27)50)30-15-16-33(48)43-35(30)49/h4,6,8-14,20-22,30H,15-19H2,1-3H3,(H,43,48,49)(H3,41,42,44,45,52). The highest BCUT2D eigenvalue weighted by Gasteiger charge is 2.45. The number of benzene rings is 3. The van der Waals surface area contributed by atoms with E-state index in [4.69, 9.17) is 9.47 Å². The van der Waals surface area contributed by atoms with Crippen molar-refractivity contribution in [2.75, 3.05) is 30.5 Å². The first-order valence-corrected chi connectivity index (χ1v) is 17.2. The lowest BCUT2D eigenvalue weighted by Gasteiger charge is -2.27. The molecule has 2 aliphatic heterocycles. The summed E-state index contributed by atoms with van der Waals surface area (Å²) in [5.74, 6) is 4.53. The van der Waals surface area contributed by atoms with Crippen molar-refractivity contribution in [1.29, 1.82) is 0 Å². The molecule has 54 heavy (non-hydrogen) atoms. The van der Waals surface area contributed by atoms with Crippen LogP contribution in [0.2, 0.25) is 0 Å². The predicted octanol–water partition coefficient (Wildman–Crippen LogP) is 4.54. The fraction of sp³-hybridized carbons (Fsp3) is 0.256. The maximum atomic E-state index is 13.2. The van der Waals surface area contributed by atoms with Crippen LogP contribution in [0.15, 0.2) is 73.1 Å². The molecular weight excluding hydrogens is 692 g/mol. The van der Waals surface area contributed by atoms with E-state index in [1.807, 2.05) is 41.0 Å². The molecule has 0 aliphatic carbocycles. The Bertz CT molecular complexity index is 2360. The minimum absolute atomic E-state index is 0.0439. The van der Waals surface area contributed by atoms with Gasteiger partial charge in [-0.15, -0.1) is 0 Å². The van der Waals surface area contributed by atoms with Crippen LogP contribution in [0.3, 0.4) is 0 Å². The van der Waals surface area contributed by atoms with E-state index in [0.29, 0.717) is 22.8 Å². The third-order valence-electron chi connectivity index (χ3n) is 8.91. The number of nitrogens with one attached hydrogen (secondary N) is 4. The van der Waals surface area contributed by atoms with E-state index in [2.05, 4.69) is 63.7 Å². The van der Waals surface area contributed by atoms with Gasteiger partial charge in [0.1, 0.15) is 31.3 Å². The van der Waals surface area contributed by atoms with Crippen molar-refractivity contribution in [1.82, 2.24) is 30.0 Å². The van der Waals surface area contributed by atoms with E-state index in [1.54, 1.807) is 30.6 Å². The van der Waals surface area contributed by atoms with Crippen LogP contribution in [0.5, 0.6) is 5.75 Å². The number of imide groups is 2. The summed E-state index contributed by atoms with van der Waals surface area (Å²) in [6.07, 6.45) is 1.84. The highest BCUT2D eigenvalue weighted by molar-refractivity contribution is 6.24. The van der Waals surface area contributed by atoms with Crippen LogP contribution >= 0.6 is 0 Å². The number of piperidine rings is 1. The van der Waals surface area contributed by atoms with E-state index in [1.165, 1.54) is 6.07 Å². The number of amides is 6. The number of anilines is 2. The number of hydrogen-bond donors (Lipinski definition) is 4. The monoisotopic (exact) mass is 728 g/mol. The van der Waals surface area contributed by atoms with Crippen molar-refractivity contribution in [2.45, 2.75) is 45.1 Å². The Morgan fingerprint density at radius 2 is 1.80 bits per heavy atom. The summed E-state index contributed by atoms with van der Waals surface area (Å²) in [4.78, 5) is 68.1. The number of nitrogens with zero attached hydrogens (tertiary/aromatic N) is 4. The second kappa shape index (κ2) is 14.7. The largest absolute Gasteiger partial charge is 0.491 e. The van der Waals surface area contributed by atoms with Gasteiger partial charge in [-0.05, 0) is 55.0 Å². The second-order valence-electron chi connectivity index (χ2n) is 13.7. The zero-order valence-corrected chi connectivity index (χ0v) is 29.7. The average molecular weight is 729 g/mol. The maximum absolute atomic E-state index is 13.2. The van der Waals surface area contributed by atoms with Crippen LogP contribution in [0.25, 0.3) is 16.7 Å². The van der Waals surface area contributed by atoms with Gasteiger partial charge in [-0.3, -0.25) is 44.4 Å². The summed E-state index contributed by atoms with van der Waals surface area (Å²) in [5, 5.41) is 14.9. The first-order chi connectivity index (χ1) is 26.0. The number of fused-ring (bicyclic) bond motifs is 2. The van der Waals surface area contributed by atoms with Gasteiger partial charge in [0.15, 0.2) is 5.82 Å². The molecule has 7 rings (SSSR count). The van der Waals surface area contributed by atoms with Crippen molar-refractivity contribution in [3.05, 3.63) is 95.4 Å². The van der Waals surface area contributed by atoms with Gasteiger partial charge >= 0.3 is 6.03 Å². The fourth-order valence-corrected chi connectivity index (χ4v) is 6.13. The fourth-order valence-electron chi connectivity index (χ4n) is 6.13. The zero-order valence-electron chi connectivity index (χ0n) is 29.7. The quantitative estimate of drug-likeness (QED) is 0.0960. The highest BCUT2D eigenvalue weighted by atomic mass is 16.5. The molecule has 4 heterocycles. The molecule has 3 aromatic carbocycles. The van der Waals surface area contributed by atoms with Crippen LogP contribution in [-0.4, -0.2) is 80.2 Å². The molecule has 15 nitrogen and oxygen atoms in total. The van der Waals surface area contributed by atoms with Crippen LogP contribution in [0.1, 0.15) is 65.6 Å². The molecule has 4 N–H and O–H groups in total. The Kier molecular flexibility index (Phi) is 9.68. The number of hydrogen-bond acceptors (Lipinski definition) is 9. The van der Waals surface area contributed by atoms with Crippen LogP contribution < -0.4 is 20.7 Å². The molecule has 0 bridgehead atoms. The Hall–Kier alpha value is -6.79. The molecule has 274 valence electrons. The molecule has 5 aromatic rings. The summed E-state index contributed by atoms with van der Waals surface area (Å²) < 4.78 is 13.4. The van der Waals surface area contributed by atoms with Gasteiger partial charge in [0.2, 0.25) is 11.8 Å². The molecule has 2 aromatic heterocycles. The first-order valence-electron chi connectivity index (χ1n) is 17.2. The van der Waals surface area contributed by atoms with Crippen LogP contribution in [0.4, 0.5) is 16.3 Å². The smallest absolute Gasteiger partial charge is 0.324 e. The minimum atomic E-state index is -1.05. The summed E-state index contributed by atoms with van der Waals surface area (Å²) >= 11 is 0. The molecule has 1 fully saturated rings. The number of imidazole rings is 1. The lowest BCUT2D eigenvalue weighted by atomic mass is 9.92. The number of ether oxygens (including phenoxy) is 2. The number of carbonyl (C=O) groups excluding carboxylic acids is 5. The van der Waals surface area contributed by atoms with Crippen molar-refractivity contribution >= 4 is 52.2 Å². The third kappa shape index (κ3) is 7.41. The van der Waals surface area contributed by atoms with E-state index in [0.717, 1.165) is 27.3 Å². The summed E-state index contributed by atoms with van der Waals surface area (Å²) in [6, 6.07) is 18.1. The van der Waals surface area contributed by atoms with Gasteiger partial charge in [-0.2, -0.15) is 5.10 Å². The van der Waals surface area contributed by atoms with Crippen molar-refractivity contribution < 1.29 is 33.4 Å². The Morgan fingerprint density at radius 1 is 0.981 bits per heavy atom. The predicted molar refractivity (Wildman–Crippen MR) is 197 cm³/mol. The van der Waals surface area contributed by atoms with E-state index < -0.39 is 35.7 Å². The van der Waals surface area contributed by atoms with Gasteiger partial charge in [0.05, 0.1) is 28.8 Å².